The number of oxazole rings is 1. The summed E-state index contributed by atoms with van der Waals surface area (Å²) in [6.07, 6.45) is 1.75. The lowest BCUT2D eigenvalue weighted by molar-refractivity contribution is 0.0954. The summed E-state index contributed by atoms with van der Waals surface area (Å²) in [5, 5.41) is 9.13. The van der Waals surface area contributed by atoms with Gasteiger partial charge < -0.3 is 25.1 Å². The molecule has 0 bridgehead atoms. The molecule has 1 aromatic heterocycles. The van der Waals surface area contributed by atoms with E-state index >= 15 is 0 Å². The maximum Gasteiger partial charge on any atom is 0.251 e. The minimum atomic E-state index is -0.154. The van der Waals surface area contributed by atoms with Crippen molar-refractivity contribution < 1.29 is 13.9 Å². The average molecular weight is 387 g/mol. The Kier molecular flexibility index (Phi) is 7.43. The number of carbonyl (C=O) groups excluding carboxylic acids is 1. The zero-order chi connectivity index (χ0) is 20.6. The normalized spacial score (nSPS) is 11.8. The first-order valence-corrected chi connectivity index (χ1v) is 9.15. The van der Waals surface area contributed by atoms with Crippen LogP contribution >= 0.6 is 0 Å². The van der Waals surface area contributed by atoms with E-state index in [4.69, 9.17) is 9.15 Å². The molecule has 2 rings (SSSR count). The lowest BCUT2D eigenvalue weighted by Crippen LogP contribution is -2.41. The molecule has 0 aliphatic rings. The second-order valence-electron chi connectivity index (χ2n) is 7.21. The monoisotopic (exact) mass is 387 g/mol. The topological polar surface area (TPSA) is 101 Å². The van der Waals surface area contributed by atoms with Gasteiger partial charge in [-0.25, -0.2) is 4.98 Å². The van der Waals surface area contributed by atoms with Crippen molar-refractivity contribution in [3.63, 3.8) is 0 Å². The van der Waals surface area contributed by atoms with E-state index in [0.29, 0.717) is 42.8 Å². The minimum Gasteiger partial charge on any atom is -0.497 e. The van der Waals surface area contributed by atoms with E-state index < -0.39 is 0 Å². The Morgan fingerprint density at radius 1 is 1.21 bits per heavy atom. The second-order valence-corrected chi connectivity index (χ2v) is 7.21. The molecule has 8 nitrogen and oxygen atoms in total. The molecule has 8 heteroatoms. The number of aromatic nitrogens is 1. The Morgan fingerprint density at radius 3 is 2.61 bits per heavy atom. The molecule has 0 aliphatic heterocycles. The fourth-order valence-electron chi connectivity index (χ4n) is 2.34. The zero-order valence-corrected chi connectivity index (χ0v) is 17.1. The van der Waals surface area contributed by atoms with Crippen molar-refractivity contribution in [2.75, 3.05) is 27.2 Å². The van der Waals surface area contributed by atoms with Crippen molar-refractivity contribution in [2.24, 2.45) is 4.99 Å². The lowest BCUT2D eigenvalue weighted by atomic mass is 9.94. The van der Waals surface area contributed by atoms with Crippen LogP contribution in [-0.4, -0.2) is 44.1 Å². The quantitative estimate of drug-likeness (QED) is 0.382. The van der Waals surface area contributed by atoms with Gasteiger partial charge in [0.05, 0.1) is 19.9 Å². The van der Waals surface area contributed by atoms with Gasteiger partial charge in [0.15, 0.2) is 5.96 Å². The molecule has 0 saturated heterocycles. The summed E-state index contributed by atoms with van der Waals surface area (Å²) in [6.45, 7) is 7.62. The molecular formula is C20H29N5O3. The Labute approximate surface area is 165 Å². The summed E-state index contributed by atoms with van der Waals surface area (Å²) in [5.41, 5.74) is 0.479. The molecule has 0 atom stereocenters. The number of methoxy groups -OCH3 is 1. The average Bonchev–Trinajstić information content (AvgIpc) is 3.17. The zero-order valence-electron chi connectivity index (χ0n) is 17.1. The number of hydrogen-bond acceptors (Lipinski definition) is 5. The third-order valence-corrected chi connectivity index (χ3v) is 3.96. The number of ether oxygens (including phenoxy) is 1. The van der Waals surface area contributed by atoms with Crippen LogP contribution in [0.3, 0.4) is 0 Å². The van der Waals surface area contributed by atoms with E-state index in [1.54, 1.807) is 44.6 Å². The van der Waals surface area contributed by atoms with Crippen molar-refractivity contribution in [1.82, 2.24) is 20.9 Å². The maximum atomic E-state index is 12.2. The van der Waals surface area contributed by atoms with Gasteiger partial charge in [0, 0.05) is 31.1 Å². The SMILES string of the molecule is CN=C(NCCNC(=O)c1cccc(OC)c1)NCc1ncc(C(C)(C)C)o1. The molecule has 1 aromatic carbocycles. The third-order valence-electron chi connectivity index (χ3n) is 3.96. The highest BCUT2D eigenvalue weighted by Gasteiger charge is 2.19. The van der Waals surface area contributed by atoms with Crippen molar-refractivity contribution >= 4 is 11.9 Å². The van der Waals surface area contributed by atoms with E-state index in [2.05, 4.69) is 46.7 Å². The summed E-state index contributed by atoms with van der Waals surface area (Å²) >= 11 is 0. The van der Waals surface area contributed by atoms with Crippen LogP contribution in [0.5, 0.6) is 5.75 Å². The number of aliphatic imine (C=N–C) groups is 1. The first kappa shape index (κ1) is 21.3. The van der Waals surface area contributed by atoms with E-state index in [9.17, 15) is 4.79 Å². The number of guanidine groups is 1. The van der Waals surface area contributed by atoms with E-state index in [1.165, 1.54) is 0 Å². The number of nitrogens with zero attached hydrogens (tertiary/aromatic N) is 2. The molecule has 0 aliphatic carbocycles. The Morgan fingerprint density at radius 2 is 1.96 bits per heavy atom. The van der Waals surface area contributed by atoms with E-state index in [0.717, 1.165) is 5.76 Å². The molecule has 0 spiro atoms. The third kappa shape index (κ3) is 6.29. The molecule has 3 N–H and O–H groups in total. The minimum absolute atomic E-state index is 0.0772. The van der Waals surface area contributed by atoms with Gasteiger partial charge in [-0.1, -0.05) is 26.8 Å². The highest BCUT2D eigenvalue weighted by molar-refractivity contribution is 5.94. The number of hydrogen-bond donors (Lipinski definition) is 3. The van der Waals surface area contributed by atoms with E-state index in [1.807, 2.05) is 0 Å². The smallest absolute Gasteiger partial charge is 0.251 e. The number of amides is 1. The predicted octanol–water partition coefficient (Wildman–Crippen LogP) is 2.08. The molecule has 0 radical (unpaired) electrons. The second kappa shape index (κ2) is 9.77. The number of carbonyl (C=O) groups is 1. The van der Waals surface area contributed by atoms with Gasteiger partial charge >= 0.3 is 0 Å². The fourth-order valence-corrected chi connectivity index (χ4v) is 2.34. The largest absolute Gasteiger partial charge is 0.497 e. The van der Waals surface area contributed by atoms with Crippen molar-refractivity contribution in [3.05, 3.63) is 47.7 Å². The van der Waals surface area contributed by atoms with Crippen molar-refractivity contribution in [2.45, 2.75) is 32.7 Å². The van der Waals surface area contributed by atoms with Gasteiger partial charge in [-0.15, -0.1) is 0 Å². The summed E-state index contributed by atoms with van der Waals surface area (Å²) in [4.78, 5) is 20.6. The fraction of sp³-hybridized carbons (Fsp3) is 0.450. The van der Waals surface area contributed by atoms with Crippen molar-refractivity contribution in [3.8, 4) is 5.75 Å². The summed E-state index contributed by atoms with van der Waals surface area (Å²) in [5.74, 6) is 2.53. The van der Waals surface area contributed by atoms with Gasteiger partial charge in [-0.2, -0.15) is 0 Å². The summed E-state index contributed by atoms with van der Waals surface area (Å²) in [7, 11) is 3.25. The summed E-state index contributed by atoms with van der Waals surface area (Å²) in [6, 6.07) is 7.03. The molecule has 1 amide bonds. The molecular weight excluding hydrogens is 358 g/mol. The molecule has 0 unspecified atom stereocenters. The highest BCUT2D eigenvalue weighted by Crippen LogP contribution is 2.22. The highest BCUT2D eigenvalue weighted by atomic mass is 16.5. The predicted molar refractivity (Wildman–Crippen MR) is 109 cm³/mol. The number of nitrogens with one attached hydrogen (secondary N) is 3. The van der Waals surface area contributed by atoms with Crippen LogP contribution in [0.1, 0.15) is 42.8 Å². The molecule has 28 heavy (non-hydrogen) atoms. The van der Waals surface area contributed by atoms with E-state index in [-0.39, 0.29) is 11.3 Å². The maximum absolute atomic E-state index is 12.2. The van der Waals surface area contributed by atoms with Gasteiger partial charge in [0.2, 0.25) is 5.89 Å². The lowest BCUT2D eigenvalue weighted by Gasteiger charge is -2.13. The van der Waals surface area contributed by atoms with Gasteiger partial charge in [0.25, 0.3) is 5.91 Å². The van der Waals surface area contributed by atoms with Crippen LogP contribution in [0.2, 0.25) is 0 Å². The summed E-state index contributed by atoms with van der Waals surface area (Å²) < 4.78 is 10.9. The molecule has 152 valence electrons. The Bertz CT molecular complexity index is 808. The van der Waals surface area contributed by atoms with Gasteiger partial charge in [-0.05, 0) is 18.2 Å². The number of rotatable bonds is 7. The standard InChI is InChI=1S/C20H29N5O3/c1-20(2,3)16-12-24-17(28-16)13-25-19(21-4)23-10-9-22-18(26)14-7-6-8-15(11-14)27-5/h6-8,11-12H,9-10,13H2,1-5H3,(H,22,26)(H2,21,23,25). The molecule has 2 aromatic rings. The first-order chi connectivity index (χ1) is 13.3. The molecule has 0 fully saturated rings. The van der Waals surface area contributed by atoms with Crippen LogP contribution in [0, 0.1) is 0 Å². The van der Waals surface area contributed by atoms with Gasteiger partial charge in [0.1, 0.15) is 11.5 Å². The van der Waals surface area contributed by atoms with Crippen LogP contribution in [0.15, 0.2) is 39.9 Å². The first-order valence-electron chi connectivity index (χ1n) is 9.15. The molecule has 0 saturated carbocycles. The van der Waals surface area contributed by atoms with Gasteiger partial charge in [-0.3, -0.25) is 9.79 Å². The van der Waals surface area contributed by atoms with Crippen LogP contribution in [0.25, 0.3) is 0 Å². The van der Waals surface area contributed by atoms with Crippen LogP contribution in [-0.2, 0) is 12.0 Å². The molecule has 1 heterocycles. The Hall–Kier alpha value is -3.03. The van der Waals surface area contributed by atoms with Crippen LogP contribution < -0.4 is 20.7 Å². The number of benzene rings is 1. The Balaban J connectivity index is 1.73. The van der Waals surface area contributed by atoms with Crippen molar-refractivity contribution in [1.29, 1.82) is 0 Å². The van der Waals surface area contributed by atoms with Crippen LogP contribution in [0.4, 0.5) is 0 Å².